The zero-order chi connectivity index (χ0) is 12.9. The van der Waals surface area contributed by atoms with E-state index in [1.54, 1.807) is 0 Å². The summed E-state index contributed by atoms with van der Waals surface area (Å²) in [6.45, 7) is 0. The molecule has 0 atom stereocenters. The number of aromatic nitrogens is 1. The molecule has 0 saturated carbocycles. The topological polar surface area (TPSA) is 4.93 Å². The molecule has 0 aliphatic carbocycles. The maximum absolute atomic E-state index is 2.20. The molecule has 1 aromatic heterocycles. The van der Waals surface area contributed by atoms with E-state index >= 15 is 0 Å². The molecule has 0 amide bonds. The fraction of sp³-hybridized carbons (Fsp3) is 0. The smallest absolute Gasteiger partial charge is 1.00 e. The van der Waals surface area contributed by atoms with Gasteiger partial charge in [-0.1, -0.05) is 6.07 Å². The molecule has 4 rings (SSSR count). The third-order valence-electron chi connectivity index (χ3n) is 3.06. The SMILES string of the molecule is [Br-].[Br-].[Zr+4].c1cc[cH-]c1.c1ccc2[cH-]c(-n3cccc3)cc2c1. The summed E-state index contributed by atoms with van der Waals surface area (Å²) < 4.78 is 2.12. The number of hydrogen-bond donors (Lipinski definition) is 0. The molecule has 0 bridgehead atoms. The van der Waals surface area contributed by atoms with E-state index in [1.807, 2.05) is 42.5 Å². The van der Waals surface area contributed by atoms with Crippen molar-refractivity contribution in [2.24, 2.45) is 0 Å². The van der Waals surface area contributed by atoms with Gasteiger partial charge in [-0.3, -0.25) is 0 Å². The fourth-order valence-corrected chi connectivity index (χ4v) is 2.11. The van der Waals surface area contributed by atoms with Gasteiger partial charge in [0.1, 0.15) is 0 Å². The average molecular weight is 496 g/mol. The molecule has 3 aromatic carbocycles. The summed E-state index contributed by atoms with van der Waals surface area (Å²) in [7, 11) is 0. The Hall–Kier alpha value is -0.697. The van der Waals surface area contributed by atoms with Crippen LogP contribution in [0.2, 0.25) is 0 Å². The summed E-state index contributed by atoms with van der Waals surface area (Å²) in [5.41, 5.74) is 1.23. The predicted molar refractivity (Wildman–Crippen MR) is 80.9 cm³/mol. The van der Waals surface area contributed by atoms with Crippen molar-refractivity contribution in [3.05, 3.63) is 91.3 Å². The van der Waals surface area contributed by atoms with E-state index in [4.69, 9.17) is 0 Å². The van der Waals surface area contributed by atoms with Gasteiger partial charge in [-0.05, 0) is 17.8 Å². The second-order valence-electron chi connectivity index (χ2n) is 4.40. The first-order valence-corrected chi connectivity index (χ1v) is 6.39. The Labute approximate surface area is 171 Å². The third-order valence-corrected chi connectivity index (χ3v) is 3.06. The summed E-state index contributed by atoms with van der Waals surface area (Å²) in [6.07, 6.45) is 4.13. The minimum absolute atomic E-state index is 0. The molecule has 0 radical (unpaired) electrons. The standard InChI is InChI=1S/C13H10N.C5H5.2BrH.Zr/c1-2-6-12-10-13(9-11(12)5-1)14-7-3-4-8-14;1-2-4-5-3-1;;;/h1-10H;1-5H;2*1H;/q2*-1;;;+4/p-2. The maximum atomic E-state index is 2.20. The number of nitrogens with zero attached hydrogens (tertiary/aromatic N) is 1. The fourth-order valence-electron chi connectivity index (χ4n) is 2.11. The Kier molecular flexibility index (Phi) is 10.6. The zero-order valence-electron chi connectivity index (χ0n) is 11.9. The first-order chi connectivity index (χ1) is 9.43. The molecule has 0 saturated heterocycles. The van der Waals surface area contributed by atoms with Crippen molar-refractivity contribution < 1.29 is 60.2 Å². The number of halogens is 2. The van der Waals surface area contributed by atoms with Gasteiger partial charge >= 0.3 is 26.2 Å². The van der Waals surface area contributed by atoms with Crippen LogP contribution < -0.4 is 34.0 Å². The first kappa shape index (κ1) is 21.3. The van der Waals surface area contributed by atoms with Crippen molar-refractivity contribution in [2.45, 2.75) is 0 Å². The van der Waals surface area contributed by atoms with Gasteiger partial charge in [0.05, 0.1) is 0 Å². The molecule has 1 heterocycles. The van der Waals surface area contributed by atoms with Crippen molar-refractivity contribution in [1.82, 2.24) is 4.57 Å². The summed E-state index contributed by atoms with van der Waals surface area (Å²) >= 11 is 0. The van der Waals surface area contributed by atoms with Crippen LogP contribution in [0.1, 0.15) is 0 Å². The monoisotopic (exact) mass is 493 g/mol. The molecular weight excluding hydrogens is 481 g/mol. The molecule has 4 heteroatoms. The summed E-state index contributed by atoms with van der Waals surface area (Å²) in [4.78, 5) is 0. The molecule has 1 nitrogen and oxygen atoms in total. The van der Waals surface area contributed by atoms with Crippen LogP contribution >= 0.6 is 0 Å². The van der Waals surface area contributed by atoms with Crippen molar-refractivity contribution in [3.8, 4) is 5.69 Å². The molecule has 110 valence electrons. The molecule has 0 aliphatic rings. The number of fused-ring (bicyclic) bond motifs is 1. The van der Waals surface area contributed by atoms with Gasteiger partial charge < -0.3 is 38.5 Å². The maximum Gasteiger partial charge on any atom is 4.00 e. The largest absolute Gasteiger partial charge is 4.00 e. The van der Waals surface area contributed by atoms with E-state index < -0.39 is 0 Å². The summed E-state index contributed by atoms with van der Waals surface area (Å²) in [5.74, 6) is 0. The van der Waals surface area contributed by atoms with Gasteiger partial charge in [0, 0.05) is 12.4 Å². The van der Waals surface area contributed by atoms with Crippen molar-refractivity contribution in [2.75, 3.05) is 0 Å². The Morgan fingerprint density at radius 3 is 1.95 bits per heavy atom. The predicted octanol–water partition coefficient (Wildman–Crippen LogP) is -1.24. The number of hydrogen-bond acceptors (Lipinski definition) is 0. The van der Waals surface area contributed by atoms with E-state index in [2.05, 4.69) is 53.4 Å². The van der Waals surface area contributed by atoms with E-state index in [9.17, 15) is 0 Å². The van der Waals surface area contributed by atoms with Crippen LogP contribution in [0.15, 0.2) is 91.3 Å². The van der Waals surface area contributed by atoms with Gasteiger partial charge in [-0.15, -0.1) is 41.1 Å². The third kappa shape index (κ3) is 5.50. The molecule has 22 heavy (non-hydrogen) atoms. The van der Waals surface area contributed by atoms with Crippen LogP contribution in [0.3, 0.4) is 0 Å². The van der Waals surface area contributed by atoms with Gasteiger partial charge in [-0.25, -0.2) is 12.1 Å². The average Bonchev–Trinajstić information content (AvgIpc) is 3.20. The molecule has 0 N–H and O–H groups in total. The normalized spacial score (nSPS) is 8.73. The Morgan fingerprint density at radius 1 is 0.773 bits per heavy atom. The van der Waals surface area contributed by atoms with Crippen LogP contribution in [0.25, 0.3) is 16.5 Å². The van der Waals surface area contributed by atoms with Crippen molar-refractivity contribution in [1.29, 1.82) is 0 Å². The second-order valence-corrected chi connectivity index (χ2v) is 4.40. The van der Waals surface area contributed by atoms with Gasteiger partial charge in [0.2, 0.25) is 0 Å². The van der Waals surface area contributed by atoms with Crippen molar-refractivity contribution >= 4 is 10.8 Å². The quantitative estimate of drug-likeness (QED) is 0.291. The van der Waals surface area contributed by atoms with E-state index in [1.165, 1.54) is 16.5 Å². The molecule has 0 spiro atoms. The van der Waals surface area contributed by atoms with E-state index in [-0.39, 0.29) is 60.2 Å². The second kappa shape index (κ2) is 10.9. The number of benzene rings is 1. The van der Waals surface area contributed by atoms with Crippen LogP contribution in [-0.2, 0) is 26.2 Å². The van der Waals surface area contributed by atoms with Crippen LogP contribution in [0.4, 0.5) is 0 Å². The Morgan fingerprint density at radius 2 is 1.41 bits per heavy atom. The summed E-state index contributed by atoms with van der Waals surface area (Å²) in [5, 5.41) is 2.60. The van der Waals surface area contributed by atoms with E-state index in [0.29, 0.717) is 0 Å². The van der Waals surface area contributed by atoms with Crippen LogP contribution in [0, 0.1) is 0 Å². The summed E-state index contributed by atoms with van der Waals surface area (Å²) in [6, 6.07) is 26.9. The molecule has 0 fully saturated rings. The molecular formula is C18H15Br2NZr. The minimum atomic E-state index is 0. The van der Waals surface area contributed by atoms with Gasteiger partial charge in [-0.2, -0.15) is 18.2 Å². The Bertz CT molecular complexity index is 677. The van der Waals surface area contributed by atoms with Crippen molar-refractivity contribution in [3.63, 3.8) is 0 Å². The zero-order valence-corrected chi connectivity index (χ0v) is 17.5. The first-order valence-electron chi connectivity index (χ1n) is 6.39. The van der Waals surface area contributed by atoms with Gasteiger partial charge in [0.25, 0.3) is 0 Å². The molecule has 4 aromatic rings. The van der Waals surface area contributed by atoms with Crippen LogP contribution in [0.5, 0.6) is 0 Å². The Balaban J connectivity index is 0.000000482. The molecule has 0 unspecified atom stereocenters. The minimum Gasteiger partial charge on any atom is -1.00 e. The number of rotatable bonds is 1. The van der Waals surface area contributed by atoms with E-state index in [0.717, 1.165) is 0 Å². The van der Waals surface area contributed by atoms with Gasteiger partial charge in [0.15, 0.2) is 0 Å². The van der Waals surface area contributed by atoms with Crippen LogP contribution in [-0.4, -0.2) is 4.57 Å². The molecule has 0 aliphatic heterocycles.